The number of carbonyl (C=O) groups excluding carboxylic acids is 2. The average molecular weight is 449 g/mol. The van der Waals surface area contributed by atoms with Crippen molar-refractivity contribution < 1.29 is 9.59 Å². The normalized spacial score (nSPS) is 11.9. The topological polar surface area (TPSA) is 49.4 Å². The number of nitrogens with zero attached hydrogens (tertiary/aromatic N) is 1. The zero-order chi connectivity index (χ0) is 22.1. The third-order valence-electron chi connectivity index (χ3n) is 4.78. The van der Waals surface area contributed by atoms with Gasteiger partial charge in [0.1, 0.15) is 6.04 Å². The Hall–Kier alpha value is -2.04. The third kappa shape index (κ3) is 7.33. The zero-order valence-corrected chi connectivity index (χ0v) is 19.3. The van der Waals surface area contributed by atoms with Gasteiger partial charge in [-0.1, -0.05) is 80.4 Å². The SMILES string of the molecule is CCCC(=O)N(Cc1ccc(Cl)cc1Cl)C(Cc1ccccc1)C(=O)NCC(C)C. The molecule has 1 N–H and O–H groups in total. The van der Waals surface area contributed by atoms with Gasteiger partial charge in [0.2, 0.25) is 11.8 Å². The zero-order valence-electron chi connectivity index (χ0n) is 17.8. The van der Waals surface area contributed by atoms with Crippen LogP contribution in [0.5, 0.6) is 0 Å². The standard InChI is InChI=1S/C24H30Cl2N2O2/c1-4-8-23(29)28(16-19-11-12-20(25)14-21(19)26)22(24(30)27-15-17(2)3)13-18-9-6-5-7-10-18/h5-7,9-12,14,17,22H,4,8,13,15-16H2,1-3H3,(H,27,30). The second-order valence-corrected chi connectivity index (χ2v) is 8.70. The van der Waals surface area contributed by atoms with Crippen LogP contribution in [0.15, 0.2) is 48.5 Å². The molecule has 6 heteroatoms. The predicted molar refractivity (Wildman–Crippen MR) is 124 cm³/mol. The summed E-state index contributed by atoms with van der Waals surface area (Å²) in [5.41, 5.74) is 1.76. The molecule has 2 amide bonds. The van der Waals surface area contributed by atoms with Gasteiger partial charge in [0.15, 0.2) is 0 Å². The summed E-state index contributed by atoms with van der Waals surface area (Å²) in [6.07, 6.45) is 1.51. The van der Waals surface area contributed by atoms with Gasteiger partial charge in [0, 0.05) is 36.0 Å². The molecule has 1 atom stereocenters. The van der Waals surface area contributed by atoms with E-state index in [1.165, 1.54) is 0 Å². The van der Waals surface area contributed by atoms with E-state index >= 15 is 0 Å². The molecule has 162 valence electrons. The molecule has 2 rings (SSSR count). The minimum atomic E-state index is -0.628. The fraction of sp³-hybridized carbons (Fsp3) is 0.417. The van der Waals surface area contributed by atoms with Crippen LogP contribution in [0.1, 0.15) is 44.7 Å². The second kappa shape index (κ2) is 12.0. The molecule has 0 radical (unpaired) electrons. The van der Waals surface area contributed by atoms with Crippen molar-refractivity contribution in [1.29, 1.82) is 0 Å². The Morgan fingerprint density at radius 2 is 1.77 bits per heavy atom. The van der Waals surface area contributed by atoms with Crippen molar-refractivity contribution in [1.82, 2.24) is 10.2 Å². The first kappa shape index (κ1) is 24.2. The highest BCUT2D eigenvalue weighted by atomic mass is 35.5. The first-order valence-electron chi connectivity index (χ1n) is 10.4. The molecule has 30 heavy (non-hydrogen) atoms. The molecule has 4 nitrogen and oxygen atoms in total. The van der Waals surface area contributed by atoms with Crippen LogP contribution in [-0.4, -0.2) is 29.3 Å². The molecule has 2 aromatic carbocycles. The molecule has 0 spiro atoms. The highest BCUT2D eigenvalue weighted by Gasteiger charge is 2.30. The lowest BCUT2D eigenvalue weighted by Crippen LogP contribution is -2.51. The number of hydrogen-bond acceptors (Lipinski definition) is 2. The monoisotopic (exact) mass is 448 g/mol. The number of halogens is 2. The summed E-state index contributed by atoms with van der Waals surface area (Å²) in [4.78, 5) is 27.9. The summed E-state index contributed by atoms with van der Waals surface area (Å²) in [6.45, 7) is 6.85. The molecule has 0 heterocycles. The van der Waals surface area contributed by atoms with Crippen molar-refractivity contribution in [2.24, 2.45) is 5.92 Å². The van der Waals surface area contributed by atoms with E-state index in [0.29, 0.717) is 41.8 Å². The molecule has 0 aromatic heterocycles. The minimum absolute atomic E-state index is 0.0656. The number of hydrogen-bond donors (Lipinski definition) is 1. The van der Waals surface area contributed by atoms with E-state index < -0.39 is 6.04 Å². The summed E-state index contributed by atoms with van der Waals surface area (Å²) in [5, 5.41) is 4.02. The largest absolute Gasteiger partial charge is 0.354 e. The Morgan fingerprint density at radius 3 is 2.37 bits per heavy atom. The maximum atomic E-state index is 13.2. The lowest BCUT2D eigenvalue weighted by molar-refractivity contribution is -0.141. The van der Waals surface area contributed by atoms with Gasteiger partial charge in [0.05, 0.1) is 0 Å². The fourth-order valence-electron chi connectivity index (χ4n) is 3.17. The van der Waals surface area contributed by atoms with Gasteiger partial charge in [-0.15, -0.1) is 0 Å². The average Bonchev–Trinajstić information content (AvgIpc) is 2.71. The van der Waals surface area contributed by atoms with E-state index in [1.807, 2.05) is 57.2 Å². The van der Waals surface area contributed by atoms with Gasteiger partial charge in [-0.25, -0.2) is 0 Å². The first-order chi connectivity index (χ1) is 14.3. The van der Waals surface area contributed by atoms with Crippen LogP contribution in [-0.2, 0) is 22.6 Å². The van der Waals surface area contributed by atoms with Gasteiger partial charge in [0.25, 0.3) is 0 Å². The van der Waals surface area contributed by atoms with Gasteiger partial charge in [-0.05, 0) is 35.6 Å². The molecule has 0 aliphatic carbocycles. The summed E-state index contributed by atoms with van der Waals surface area (Å²) < 4.78 is 0. The van der Waals surface area contributed by atoms with Gasteiger partial charge in [-0.2, -0.15) is 0 Å². The van der Waals surface area contributed by atoms with Crippen molar-refractivity contribution in [3.05, 3.63) is 69.7 Å². The highest BCUT2D eigenvalue weighted by molar-refractivity contribution is 6.35. The summed E-state index contributed by atoms with van der Waals surface area (Å²) >= 11 is 12.4. The quantitative estimate of drug-likeness (QED) is 0.520. The molecule has 0 aliphatic rings. The highest BCUT2D eigenvalue weighted by Crippen LogP contribution is 2.24. The number of rotatable bonds is 10. The van der Waals surface area contributed by atoms with Gasteiger partial charge < -0.3 is 10.2 Å². The van der Waals surface area contributed by atoms with Crippen molar-refractivity contribution in [3.8, 4) is 0 Å². The Kier molecular flexibility index (Phi) is 9.67. The third-order valence-corrected chi connectivity index (χ3v) is 5.36. The Balaban J connectivity index is 2.38. The molecule has 0 fully saturated rings. The van der Waals surface area contributed by atoms with Crippen molar-refractivity contribution >= 4 is 35.0 Å². The maximum absolute atomic E-state index is 13.2. The second-order valence-electron chi connectivity index (χ2n) is 7.85. The Bertz CT molecular complexity index is 840. The number of amides is 2. The first-order valence-corrected chi connectivity index (χ1v) is 11.1. The predicted octanol–water partition coefficient (Wildman–Crippen LogP) is 5.51. The van der Waals surface area contributed by atoms with E-state index in [1.54, 1.807) is 17.0 Å². The van der Waals surface area contributed by atoms with Crippen molar-refractivity contribution in [3.63, 3.8) is 0 Å². The summed E-state index contributed by atoms with van der Waals surface area (Å²) in [7, 11) is 0. The molecule has 0 aliphatic heterocycles. The van der Waals surface area contributed by atoms with Crippen LogP contribution in [0.2, 0.25) is 10.0 Å². The molecular formula is C24H30Cl2N2O2. The van der Waals surface area contributed by atoms with Crippen LogP contribution in [0, 0.1) is 5.92 Å². The van der Waals surface area contributed by atoms with E-state index in [9.17, 15) is 9.59 Å². The van der Waals surface area contributed by atoms with Crippen LogP contribution in [0.4, 0.5) is 0 Å². The Morgan fingerprint density at radius 1 is 1.07 bits per heavy atom. The van der Waals surface area contributed by atoms with Crippen LogP contribution < -0.4 is 5.32 Å². The summed E-state index contributed by atoms with van der Waals surface area (Å²) in [5.74, 6) is 0.100. The summed E-state index contributed by atoms with van der Waals surface area (Å²) in [6, 6.07) is 14.3. The fourth-order valence-corrected chi connectivity index (χ4v) is 3.64. The van der Waals surface area contributed by atoms with E-state index in [4.69, 9.17) is 23.2 Å². The van der Waals surface area contributed by atoms with E-state index in [0.717, 1.165) is 11.1 Å². The number of carbonyl (C=O) groups is 2. The number of benzene rings is 2. The van der Waals surface area contributed by atoms with Crippen LogP contribution in [0.25, 0.3) is 0 Å². The minimum Gasteiger partial charge on any atom is -0.354 e. The van der Waals surface area contributed by atoms with Crippen LogP contribution in [0.3, 0.4) is 0 Å². The van der Waals surface area contributed by atoms with E-state index in [2.05, 4.69) is 5.32 Å². The number of nitrogens with one attached hydrogen (secondary N) is 1. The van der Waals surface area contributed by atoms with Crippen molar-refractivity contribution in [2.75, 3.05) is 6.54 Å². The molecule has 0 saturated heterocycles. The molecular weight excluding hydrogens is 419 g/mol. The lowest BCUT2D eigenvalue weighted by Gasteiger charge is -2.32. The van der Waals surface area contributed by atoms with E-state index in [-0.39, 0.29) is 18.4 Å². The molecule has 2 aromatic rings. The van der Waals surface area contributed by atoms with Gasteiger partial charge >= 0.3 is 0 Å². The maximum Gasteiger partial charge on any atom is 0.243 e. The van der Waals surface area contributed by atoms with Crippen molar-refractivity contribution in [2.45, 2.75) is 52.6 Å². The smallest absolute Gasteiger partial charge is 0.243 e. The van der Waals surface area contributed by atoms with Gasteiger partial charge in [-0.3, -0.25) is 9.59 Å². The lowest BCUT2D eigenvalue weighted by atomic mass is 10.0. The van der Waals surface area contributed by atoms with Crippen LogP contribution >= 0.6 is 23.2 Å². The molecule has 0 bridgehead atoms. The molecule has 0 saturated carbocycles. The Labute approximate surface area is 189 Å². The molecule has 1 unspecified atom stereocenters.